The highest BCUT2D eigenvalue weighted by Crippen LogP contribution is 2.19. The highest BCUT2D eigenvalue weighted by molar-refractivity contribution is 7.98. The molecule has 0 atom stereocenters. The van der Waals surface area contributed by atoms with Crippen molar-refractivity contribution in [3.8, 4) is 0 Å². The minimum Gasteiger partial charge on any atom is -0.321 e. The number of nitrogens with one attached hydrogen (secondary N) is 1. The zero-order valence-corrected chi connectivity index (χ0v) is 12.6. The molecule has 0 saturated carbocycles. The summed E-state index contributed by atoms with van der Waals surface area (Å²) in [5, 5.41) is 2.89. The van der Waals surface area contributed by atoms with Crippen molar-refractivity contribution in [1.29, 1.82) is 0 Å². The summed E-state index contributed by atoms with van der Waals surface area (Å²) in [6, 6.07) is 13.6. The zero-order valence-electron chi connectivity index (χ0n) is 11.8. The molecule has 2 heterocycles. The van der Waals surface area contributed by atoms with Crippen LogP contribution in [0.3, 0.4) is 0 Å². The first-order valence-electron chi connectivity index (χ1n) is 6.57. The van der Waals surface area contributed by atoms with Gasteiger partial charge in [-0.05, 0) is 43.5 Å². The van der Waals surface area contributed by atoms with Crippen molar-refractivity contribution in [3.63, 3.8) is 0 Å². The molecule has 0 spiro atoms. The molecule has 0 aliphatic carbocycles. The minimum atomic E-state index is -0.198. The van der Waals surface area contributed by atoms with Gasteiger partial charge in [-0.15, -0.1) is 11.8 Å². The zero-order chi connectivity index (χ0) is 14.8. The number of amides is 1. The molecule has 0 aliphatic rings. The molecule has 5 heteroatoms. The summed E-state index contributed by atoms with van der Waals surface area (Å²) in [5.41, 5.74) is 3.01. The van der Waals surface area contributed by atoms with E-state index in [-0.39, 0.29) is 5.91 Å². The minimum absolute atomic E-state index is 0.198. The van der Waals surface area contributed by atoms with Crippen LogP contribution in [0.15, 0.2) is 53.6 Å². The molecule has 0 unspecified atom stereocenters. The third-order valence-corrected chi connectivity index (χ3v) is 3.98. The molecular formula is C16H15N3OS. The van der Waals surface area contributed by atoms with E-state index in [9.17, 15) is 4.79 Å². The number of carbonyl (C=O) groups is 1. The molecule has 0 fully saturated rings. The first-order chi connectivity index (χ1) is 10.2. The molecule has 0 bridgehead atoms. The molecule has 0 saturated heterocycles. The van der Waals surface area contributed by atoms with Crippen molar-refractivity contribution in [2.24, 2.45) is 0 Å². The second kappa shape index (κ2) is 5.61. The molecule has 3 rings (SSSR count). The molecule has 106 valence electrons. The highest BCUT2D eigenvalue weighted by Gasteiger charge is 2.11. The summed E-state index contributed by atoms with van der Waals surface area (Å²) >= 11 is 1.64. The van der Waals surface area contributed by atoms with Crippen LogP contribution in [0.4, 0.5) is 5.69 Å². The first-order valence-corrected chi connectivity index (χ1v) is 7.80. The van der Waals surface area contributed by atoms with E-state index in [1.165, 1.54) is 0 Å². The maximum atomic E-state index is 12.3. The molecule has 1 amide bonds. The number of fused-ring (bicyclic) bond motifs is 1. The maximum Gasteiger partial charge on any atom is 0.275 e. The third-order valence-electron chi connectivity index (χ3n) is 3.26. The molecule has 1 N–H and O–H groups in total. The van der Waals surface area contributed by atoms with E-state index in [0.717, 1.165) is 21.9 Å². The number of nitrogens with zero attached hydrogens (tertiary/aromatic N) is 2. The predicted molar refractivity (Wildman–Crippen MR) is 86.1 cm³/mol. The third kappa shape index (κ3) is 2.78. The summed E-state index contributed by atoms with van der Waals surface area (Å²) in [5.74, 6) is -0.198. The van der Waals surface area contributed by atoms with Gasteiger partial charge in [-0.1, -0.05) is 12.1 Å². The van der Waals surface area contributed by atoms with Crippen LogP contribution >= 0.6 is 11.8 Å². The van der Waals surface area contributed by atoms with Gasteiger partial charge in [-0.2, -0.15) is 0 Å². The van der Waals surface area contributed by atoms with Gasteiger partial charge in [0.15, 0.2) is 0 Å². The van der Waals surface area contributed by atoms with Crippen LogP contribution in [0.25, 0.3) is 5.65 Å². The average Bonchev–Trinajstić information content (AvgIpc) is 2.93. The van der Waals surface area contributed by atoms with Crippen LogP contribution in [-0.4, -0.2) is 21.5 Å². The molecule has 0 radical (unpaired) electrons. The number of aromatic nitrogens is 2. The molecule has 1 aromatic carbocycles. The molecule has 21 heavy (non-hydrogen) atoms. The van der Waals surface area contributed by atoms with Gasteiger partial charge in [0.1, 0.15) is 11.3 Å². The SMILES string of the molecule is CSc1cccc(NC(=O)c2cn3c(C)cccc3n2)c1. The predicted octanol–water partition coefficient (Wildman–Crippen LogP) is 3.62. The van der Waals surface area contributed by atoms with E-state index < -0.39 is 0 Å². The number of thioether (sulfide) groups is 1. The number of anilines is 1. The van der Waals surface area contributed by atoms with Crippen LogP contribution in [0.1, 0.15) is 16.2 Å². The van der Waals surface area contributed by atoms with Gasteiger partial charge in [0.25, 0.3) is 5.91 Å². The smallest absolute Gasteiger partial charge is 0.275 e. The Morgan fingerprint density at radius 3 is 2.81 bits per heavy atom. The lowest BCUT2D eigenvalue weighted by molar-refractivity contribution is 0.102. The van der Waals surface area contributed by atoms with Crippen molar-refractivity contribution in [1.82, 2.24) is 9.38 Å². The lowest BCUT2D eigenvalue weighted by atomic mass is 10.3. The van der Waals surface area contributed by atoms with E-state index in [4.69, 9.17) is 0 Å². The maximum absolute atomic E-state index is 12.3. The number of imidazole rings is 1. The number of benzene rings is 1. The van der Waals surface area contributed by atoms with Crippen molar-refractivity contribution < 1.29 is 4.79 Å². The summed E-state index contributed by atoms with van der Waals surface area (Å²) in [4.78, 5) is 17.8. The first kappa shape index (κ1) is 13.7. The van der Waals surface area contributed by atoms with Crippen molar-refractivity contribution in [2.45, 2.75) is 11.8 Å². The van der Waals surface area contributed by atoms with Crippen LogP contribution in [0, 0.1) is 6.92 Å². The lowest BCUT2D eigenvalue weighted by Crippen LogP contribution is -2.12. The normalized spacial score (nSPS) is 10.8. The van der Waals surface area contributed by atoms with Gasteiger partial charge in [-0.25, -0.2) is 4.98 Å². The number of aryl methyl sites for hydroxylation is 1. The number of rotatable bonds is 3. The molecular weight excluding hydrogens is 282 g/mol. The molecule has 4 nitrogen and oxygen atoms in total. The fraction of sp³-hybridized carbons (Fsp3) is 0.125. The van der Waals surface area contributed by atoms with Gasteiger partial charge in [0.2, 0.25) is 0 Å². The second-order valence-electron chi connectivity index (χ2n) is 4.71. The van der Waals surface area contributed by atoms with E-state index in [1.807, 2.05) is 60.0 Å². The standard InChI is InChI=1S/C16H15N3OS/c1-11-5-3-8-15-18-14(10-19(11)15)16(20)17-12-6-4-7-13(9-12)21-2/h3-10H,1-2H3,(H,17,20). The van der Waals surface area contributed by atoms with E-state index >= 15 is 0 Å². The fourth-order valence-electron chi connectivity index (χ4n) is 2.15. The van der Waals surface area contributed by atoms with Gasteiger partial charge in [-0.3, -0.25) is 4.79 Å². The monoisotopic (exact) mass is 297 g/mol. The Hall–Kier alpha value is -2.27. The van der Waals surface area contributed by atoms with Gasteiger partial charge < -0.3 is 9.72 Å². The topological polar surface area (TPSA) is 46.4 Å². The molecule has 0 aliphatic heterocycles. The van der Waals surface area contributed by atoms with Crippen LogP contribution in [0.5, 0.6) is 0 Å². The summed E-state index contributed by atoms with van der Waals surface area (Å²) in [6.07, 6.45) is 3.77. The Bertz CT molecular complexity index is 810. The molecule has 3 aromatic rings. The van der Waals surface area contributed by atoms with Crippen LogP contribution in [0.2, 0.25) is 0 Å². The van der Waals surface area contributed by atoms with Gasteiger partial charge >= 0.3 is 0 Å². The number of carbonyl (C=O) groups excluding carboxylic acids is 1. The Morgan fingerprint density at radius 2 is 2.05 bits per heavy atom. The van der Waals surface area contributed by atoms with Crippen molar-refractivity contribution in [3.05, 3.63) is 60.0 Å². The van der Waals surface area contributed by atoms with Crippen molar-refractivity contribution in [2.75, 3.05) is 11.6 Å². The van der Waals surface area contributed by atoms with Gasteiger partial charge in [0.05, 0.1) is 0 Å². The van der Waals surface area contributed by atoms with E-state index in [2.05, 4.69) is 10.3 Å². The van der Waals surface area contributed by atoms with Crippen LogP contribution in [-0.2, 0) is 0 Å². The van der Waals surface area contributed by atoms with Crippen molar-refractivity contribution >= 4 is 29.0 Å². The lowest BCUT2D eigenvalue weighted by Gasteiger charge is -2.04. The summed E-state index contributed by atoms with van der Waals surface area (Å²) < 4.78 is 1.91. The van der Waals surface area contributed by atoms with Gasteiger partial charge in [0, 0.05) is 22.5 Å². The highest BCUT2D eigenvalue weighted by atomic mass is 32.2. The Balaban J connectivity index is 1.88. The largest absolute Gasteiger partial charge is 0.321 e. The van der Waals surface area contributed by atoms with Crippen LogP contribution < -0.4 is 5.32 Å². The van der Waals surface area contributed by atoms with E-state index in [1.54, 1.807) is 18.0 Å². The second-order valence-corrected chi connectivity index (χ2v) is 5.59. The Morgan fingerprint density at radius 1 is 1.24 bits per heavy atom. The number of hydrogen-bond donors (Lipinski definition) is 1. The Labute approximate surface area is 127 Å². The van der Waals surface area contributed by atoms with E-state index in [0.29, 0.717) is 5.69 Å². The quantitative estimate of drug-likeness (QED) is 0.751. The Kier molecular flexibility index (Phi) is 3.66. The summed E-state index contributed by atoms with van der Waals surface area (Å²) in [6.45, 7) is 1.98. The average molecular weight is 297 g/mol. The fourth-order valence-corrected chi connectivity index (χ4v) is 2.61. The summed E-state index contributed by atoms with van der Waals surface area (Å²) in [7, 11) is 0. The number of hydrogen-bond acceptors (Lipinski definition) is 3. The number of pyridine rings is 1. The molecule has 2 aromatic heterocycles.